The third-order valence-corrected chi connectivity index (χ3v) is 2.92. The van der Waals surface area contributed by atoms with Gasteiger partial charge >= 0.3 is 0 Å². The first-order valence-electron chi connectivity index (χ1n) is 3.56. The van der Waals surface area contributed by atoms with Gasteiger partial charge in [-0.3, -0.25) is 10.1 Å². The van der Waals surface area contributed by atoms with Gasteiger partial charge in [0.25, 0.3) is 5.69 Å². The molecule has 1 aromatic carbocycles. The van der Waals surface area contributed by atoms with Gasteiger partial charge in [0, 0.05) is 15.6 Å². The van der Waals surface area contributed by atoms with E-state index in [1.54, 1.807) is 19.1 Å². The van der Waals surface area contributed by atoms with Crippen LogP contribution in [0, 0.1) is 17.0 Å². The first-order valence-corrected chi connectivity index (χ1v) is 4.89. The van der Waals surface area contributed by atoms with Crippen LogP contribution in [-0.4, -0.2) is 4.92 Å². The molecule has 1 aromatic rings. The minimum Gasteiger partial charge on any atom is -0.258 e. The van der Waals surface area contributed by atoms with Crippen molar-refractivity contribution in [2.75, 3.05) is 0 Å². The first-order chi connectivity index (χ1) is 6.07. The van der Waals surface area contributed by atoms with Crippen molar-refractivity contribution in [2.24, 2.45) is 0 Å². The quantitative estimate of drug-likeness (QED) is 0.467. The molecule has 0 spiro atoms. The van der Waals surface area contributed by atoms with E-state index in [1.807, 2.05) is 0 Å². The lowest BCUT2D eigenvalue weighted by molar-refractivity contribution is -0.386. The van der Waals surface area contributed by atoms with Crippen molar-refractivity contribution in [3.63, 3.8) is 0 Å². The maximum absolute atomic E-state index is 10.7. The van der Waals surface area contributed by atoms with Crippen LogP contribution in [0.3, 0.4) is 0 Å². The van der Waals surface area contributed by atoms with Gasteiger partial charge in [-0.15, -0.1) is 11.6 Å². The van der Waals surface area contributed by atoms with Crippen LogP contribution in [0.15, 0.2) is 16.6 Å². The molecule has 0 unspecified atom stereocenters. The van der Waals surface area contributed by atoms with Gasteiger partial charge in [0.05, 0.1) is 10.8 Å². The molecule has 0 aliphatic carbocycles. The Morgan fingerprint density at radius 2 is 2.23 bits per heavy atom. The highest BCUT2D eigenvalue weighted by Gasteiger charge is 2.18. The third-order valence-electron chi connectivity index (χ3n) is 1.77. The Hall–Kier alpha value is -0.610. The summed E-state index contributed by atoms with van der Waals surface area (Å²) >= 11 is 8.81. The smallest absolute Gasteiger partial charge is 0.258 e. The molecule has 0 bridgehead atoms. The Bertz CT molecular complexity index is 354. The molecule has 0 heterocycles. The van der Waals surface area contributed by atoms with Crippen LogP contribution in [0.25, 0.3) is 0 Å². The minimum atomic E-state index is -0.405. The van der Waals surface area contributed by atoms with Gasteiger partial charge in [-0.05, 0) is 19.1 Å². The zero-order chi connectivity index (χ0) is 10.0. The van der Waals surface area contributed by atoms with Crippen molar-refractivity contribution in [2.45, 2.75) is 12.8 Å². The second-order valence-corrected chi connectivity index (χ2v) is 3.69. The summed E-state index contributed by atoms with van der Waals surface area (Å²) < 4.78 is 0.730. The first kappa shape index (κ1) is 10.5. The number of halogens is 2. The van der Waals surface area contributed by atoms with Crippen molar-refractivity contribution < 1.29 is 4.92 Å². The van der Waals surface area contributed by atoms with E-state index in [4.69, 9.17) is 11.6 Å². The SMILES string of the molecule is Cc1c(Br)ccc(CCl)c1[N+](=O)[O-]. The highest BCUT2D eigenvalue weighted by Crippen LogP contribution is 2.30. The van der Waals surface area contributed by atoms with E-state index >= 15 is 0 Å². The van der Waals surface area contributed by atoms with Crippen LogP contribution < -0.4 is 0 Å². The second-order valence-electron chi connectivity index (χ2n) is 2.57. The van der Waals surface area contributed by atoms with E-state index in [9.17, 15) is 10.1 Å². The van der Waals surface area contributed by atoms with Gasteiger partial charge < -0.3 is 0 Å². The number of nitro benzene ring substituents is 1. The normalized spacial score (nSPS) is 10.1. The Balaban J connectivity index is 3.41. The molecule has 0 radical (unpaired) electrons. The van der Waals surface area contributed by atoms with E-state index in [2.05, 4.69) is 15.9 Å². The summed E-state index contributed by atoms with van der Waals surface area (Å²) in [6.07, 6.45) is 0. The van der Waals surface area contributed by atoms with E-state index in [0.29, 0.717) is 11.1 Å². The molecule has 5 heteroatoms. The van der Waals surface area contributed by atoms with Crippen LogP contribution >= 0.6 is 27.5 Å². The highest BCUT2D eigenvalue weighted by molar-refractivity contribution is 9.10. The van der Waals surface area contributed by atoms with Gasteiger partial charge in [0.2, 0.25) is 0 Å². The average molecular weight is 265 g/mol. The molecule has 0 saturated carbocycles. The van der Waals surface area contributed by atoms with Gasteiger partial charge in [0.15, 0.2) is 0 Å². The summed E-state index contributed by atoms with van der Waals surface area (Å²) in [6, 6.07) is 3.42. The largest absolute Gasteiger partial charge is 0.277 e. The van der Waals surface area contributed by atoms with Gasteiger partial charge in [0.1, 0.15) is 0 Å². The van der Waals surface area contributed by atoms with Gasteiger partial charge in [-0.1, -0.05) is 15.9 Å². The number of alkyl halides is 1. The standard InChI is InChI=1S/C8H7BrClNO2/c1-5-7(9)3-2-6(4-10)8(5)11(12)13/h2-3H,4H2,1H3. The maximum Gasteiger partial charge on any atom is 0.277 e. The number of hydrogen-bond acceptors (Lipinski definition) is 2. The number of hydrogen-bond donors (Lipinski definition) is 0. The van der Waals surface area contributed by atoms with Gasteiger partial charge in [-0.2, -0.15) is 0 Å². The van der Waals surface area contributed by atoms with Crippen molar-refractivity contribution in [3.8, 4) is 0 Å². The fourth-order valence-corrected chi connectivity index (χ4v) is 1.63. The fourth-order valence-electron chi connectivity index (χ4n) is 1.09. The molecule has 13 heavy (non-hydrogen) atoms. The fraction of sp³-hybridized carbons (Fsp3) is 0.250. The molecule has 0 aliphatic rings. The molecular weight excluding hydrogens is 257 g/mol. The lowest BCUT2D eigenvalue weighted by Gasteiger charge is -2.03. The third kappa shape index (κ3) is 2.00. The van der Waals surface area contributed by atoms with Gasteiger partial charge in [-0.25, -0.2) is 0 Å². The molecule has 0 saturated heterocycles. The van der Waals surface area contributed by atoms with Crippen LogP contribution in [0.4, 0.5) is 5.69 Å². The predicted octanol–water partition coefficient (Wildman–Crippen LogP) is 3.40. The summed E-state index contributed by atoms with van der Waals surface area (Å²) in [5, 5.41) is 10.7. The lowest BCUT2D eigenvalue weighted by atomic mass is 10.1. The monoisotopic (exact) mass is 263 g/mol. The van der Waals surface area contributed by atoms with E-state index < -0.39 is 4.92 Å². The van der Waals surface area contributed by atoms with E-state index in [0.717, 1.165) is 4.47 Å². The second kappa shape index (κ2) is 4.07. The van der Waals surface area contributed by atoms with Crippen molar-refractivity contribution in [1.82, 2.24) is 0 Å². The zero-order valence-electron chi connectivity index (χ0n) is 6.88. The number of rotatable bonds is 2. The summed E-state index contributed by atoms with van der Waals surface area (Å²) in [4.78, 5) is 10.3. The molecule has 0 aliphatic heterocycles. The molecule has 0 amide bonds. The van der Waals surface area contributed by atoms with E-state index in [-0.39, 0.29) is 11.6 Å². The van der Waals surface area contributed by atoms with Crippen molar-refractivity contribution in [1.29, 1.82) is 0 Å². The lowest BCUT2D eigenvalue weighted by Crippen LogP contribution is -1.97. The molecule has 0 aromatic heterocycles. The molecule has 70 valence electrons. The van der Waals surface area contributed by atoms with Crippen LogP contribution in [0.2, 0.25) is 0 Å². The summed E-state index contributed by atoms with van der Waals surface area (Å²) in [5.41, 5.74) is 1.26. The maximum atomic E-state index is 10.7. The molecule has 0 fully saturated rings. The molecule has 0 N–H and O–H groups in total. The van der Waals surface area contributed by atoms with Crippen LogP contribution in [-0.2, 0) is 5.88 Å². The Kier molecular flexibility index (Phi) is 3.27. The number of nitro groups is 1. The van der Waals surface area contributed by atoms with Crippen molar-refractivity contribution >= 4 is 33.2 Å². The van der Waals surface area contributed by atoms with Crippen molar-refractivity contribution in [3.05, 3.63) is 37.8 Å². The highest BCUT2D eigenvalue weighted by atomic mass is 79.9. The Morgan fingerprint density at radius 1 is 1.62 bits per heavy atom. The topological polar surface area (TPSA) is 43.1 Å². The predicted molar refractivity (Wildman–Crippen MR) is 55.1 cm³/mol. The molecule has 0 atom stereocenters. The molecular formula is C8H7BrClNO2. The van der Waals surface area contributed by atoms with Crippen LogP contribution in [0.5, 0.6) is 0 Å². The summed E-state index contributed by atoms with van der Waals surface area (Å²) in [6.45, 7) is 1.69. The average Bonchev–Trinajstić information content (AvgIpc) is 2.08. The molecule has 3 nitrogen and oxygen atoms in total. The Labute approximate surface area is 89.0 Å². The zero-order valence-corrected chi connectivity index (χ0v) is 9.22. The summed E-state index contributed by atoms with van der Waals surface area (Å²) in [5.74, 6) is 0.157. The number of benzene rings is 1. The summed E-state index contributed by atoms with van der Waals surface area (Å²) in [7, 11) is 0. The van der Waals surface area contributed by atoms with Crippen LogP contribution in [0.1, 0.15) is 11.1 Å². The molecule has 1 rings (SSSR count). The minimum absolute atomic E-state index is 0.101. The van der Waals surface area contributed by atoms with E-state index in [1.165, 1.54) is 0 Å². The Morgan fingerprint density at radius 3 is 2.69 bits per heavy atom. The number of nitrogens with zero attached hydrogens (tertiary/aromatic N) is 1.